The standard InChI is InChI=1S/C24H21NO2S/c1-2-18-24(28(27)21-16-10-5-11-17-21)22(19-12-6-3-7-13-19)25(23(24)26)20-14-8-4-9-15-20/h2-17,22H,1,18H2/t22-,24+,28?/m1/s1. The molecule has 3 aromatic carbocycles. The fourth-order valence-electron chi connectivity index (χ4n) is 3.91. The number of benzene rings is 3. The third-order valence-electron chi connectivity index (χ3n) is 5.17. The van der Waals surface area contributed by atoms with Crippen molar-refractivity contribution < 1.29 is 9.00 Å². The van der Waals surface area contributed by atoms with E-state index in [1.165, 1.54) is 0 Å². The van der Waals surface area contributed by atoms with Crippen LogP contribution < -0.4 is 4.90 Å². The van der Waals surface area contributed by atoms with Crippen molar-refractivity contribution in [2.75, 3.05) is 4.90 Å². The molecule has 4 rings (SSSR count). The molecule has 1 aliphatic rings. The highest BCUT2D eigenvalue weighted by Gasteiger charge is 2.65. The summed E-state index contributed by atoms with van der Waals surface area (Å²) in [7, 11) is -1.52. The summed E-state index contributed by atoms with van der Waals surface area (Å²) in [4.78, 5) is 16.0. The van der Waals surface area contributed by atoms with Crippen LogP contribution in [0.5, 0.6) is 0 Å². The average Bonchev–Trinajstić information content (AvgIpc) is 2.76. The number of carbonyl (C=O) groups excluding carboxylic acids is 1. The Morgan fingerprint density at radius 1 is 0.893 bits per heavy atom. The lowest BCUT2D eigenvalue weighted by atomic mass is 9.78. The van der Waals surface area contributed by atoms with E-state index in [1.807, 2.05) is 91.0 Å². The minimum Gasteiger partial charge on any atom is -0.301 e. The normalized spacial score (nSPS) is 22.4. The van der Waals surface area contributed by atoms with E-state index in [0.717, 1.165) is 11.3 Å². The van der Waals surface area contributed by atoms with Crippen molar-refractivity contribution in [3.8, 4) is 0 Å². The van der Waals surface area contributed by atoms with E-state index in [4.69, 9.17) is 0 Å². The molecule has 4 heteroatoms. The predicted octanol–water partition coefficient (Wildman–Crippen LogP) is 4.90. The Morgan fingerprint density at radius 2 is 1.43 bits per heavy atom. The second kappa shape index (κ2) is 7.56. The number of amides is 1. The number of para-hydroxylation sites is 1. The highest BCUT2D eigenvalue weighted by atomic mass is 32.2. The number of hydrogen-bond acceptors (Lipinski definition) is 2. The molecule has 0 aromatic heterocycles. The van der Waals surface area contributed by atoms with Gasteiger partial charge in [-0.1, -0.05) is 72.8 Å². The van der Waals surface area contributed by atoms with E-state index in [2.05, 4.69) is 6.58 Å². The molecule has 28 heavy (non-hydrogen) atoms. The Labute approximate surface area is 167 Å². The van der Waals surface area contributed by atoms with Gasteiger partial charge in [0.25, 0.3) is 0 Å². The number of hydrogen-bond donors (Lipinski definition) is 0. The minimum absolute atomic E-state index is 0.130. The number of β-lactam (4-membered cyclic amide) rings is 1. The van der Waals surface area contributed by atoms with Gasteiger partial charge in [0, 0.05) is 10.6 Å². The van der Waals surface area contributed by atoms with Crippen molar-refractivity contribution in [2.24, 2.45) is 0 Å². The molecule has 0 aliphatic carbocycles. The summed E-state index contributed by atoms with van der Waals surface area (Å²) < 4.78 is 12.7. The van der Waals surface area contributed by atoms with Gasteiger partial charge in [0.15, 0.2) is 4.75 Å². The maximum absolute atomic E-state index is 13.7. The molecular weight excluding hydrogens is 366 g/mol. The van der Waals surface area contributed by atoms with Gasteiger partial charge in [-0.05, 0) is 36.2 Å². The van der Waals surface area contributed by atoms with Crippen LogP contribution in [0, 0.1) is 0 Å². The number of anilines is 1. The van der Waals surface area contributed by atoms with Crippen molar-refractivity contribution in [1.29, 1.82) is 0 Å². The molecular formula is C24H21NO2S. The topological polar surface area (TPSA) is 37.4 Å². The van der Waals surface area contributed by atoms with Crippen molar-refractivity contribution >= 4 is 22.4 Å². The van der Waals surface area contributed by atoms with Gasteiger partial charge in [0.2, 0.25) is 5.91 Å². The van der Waals surface area contributed by atoms with Crippen LogP contribution in [0.4, 0.5) is 5.69 Å². The summed E-state index contributed by atoms with van der Waals surface area (Å²) in [6, 6.07) is 28.3. The lowest BCUT2D eigenvalue weighted by molar-refractivity contribution is -0.128. The fraction of sp³-hybridized carbons (Fsp3) is 0.125. The first-order valence-electron chi connectivity index (χ1n) is 9.21. The first-order valence-corrected chi connectivity index (χ1v) is 10.4. The Hall–Kier alpha value is -2.98. The quantitative estimate of drug-likeness (QED) is 0.446. The molecule has 0 radical (unpaired) electrons. The monoisotopic (exact) mass is 387 g/mol. The Kier molecular flexibility index (Phi) is 4.97. The van der Waals surface area contributed by atoms with E-state index in [1.54, 1.807) is 11.0 Å². The fourth-order valence-corrected chi connectivity index (χ4v) is 5.71. The molecule has 0 saturated carbocycles. The van der Waals surface area contributed by atoms with E-state index in [-0.39, 0.29) is 11.9 Å². The number of allylic oxidation sites excluding steroid dienone is 1. The lowest BCUT2D eigenvalue weighted by Crippen LogP contribution is -2.70. The number of nitrogens with zero attached hydrogens (tertiary/aromatic N) is 1. The number of rotatable bonds is 6. The highest BCUT2D eigenvalue weighted by molar-refractivity contribution is 7.87. The number of carbonyl (C=O) groups is 1. The van der Waals surface area contributed by atoms with Crippen LogP contribution in [0.2, 0.25) is 0 Å². The summed E-state index contributed by atoms with van der Waals surface area (Å²) in [5, 5.41) is 0. The van der Waals surface area contributed by atoms with Crippen LogP contribution in [0.15, 0.2) is 109 Å². The summed E-state index contributed by atoms with van der Waals surface area (Å²) >= 11 is 0. The molecule has 1 amide bonds. The Bertz CT molecular complexity index is 1000. The largest absolute Gasteiger partial charge is 0.301 e. The van der Waals surface area contributed by atoms with E-state index < -0.39 is 15.5 Å². The van der Waals surface area contributed by atoms with Crippen LogP contribution in [0.1, 0.15) is 18.0 Å². The summed E-state index contributed by atoms with van der Waals surface area (Å²) in [6.07, 6.45) is 2.05. The Balaban J connectivity index is 1.88. The Morgan fingerprint density at radius 3 is 2.00 bits per heavy atom. The van der Waals surface area contributed by atoms with Gasteiger partial charge < -0.3 is 4.90 Å². The molecule has 0 N–H and O–H groups in total. The van der Waals surface area contributed by atoms with Crippen LogP contribution in [0.3, 0.4) is 0 Å². The molecule has 1 fully saturated rings. The van der Waals surface area contributed by atoms with Crippen LogP contribution in [0.25, 0.3) is 0 Å². The van der Waals surface area contributed by atoms with Gasteiger partial charge in [-0.15, -0.1) is 6.58 Å². The molecule has 1 aliphatic heterocycles. The SMILES string of the molecule is C=CC[C@@]1(S(=O)c2ccccc2)C(=O)N(c2ccccc2)[C@@H]1c1ccccc1. The average molecular weight is 388 g/mol. The van der Waals surface area contributed by atoms with E-state index in [9.17, 15) is 9.00 Å². The van der Waals surface area contributed by atoms with Crippen LogP contribution in [-0.4, -0.2) is 14.9 Å². The van der Waals surface area contributed by atoms with Crippen LogP contribution >= 0.6 is 0 Å². The molecule has 1 heterocycles. The minimum atomic E-state index is -1.52. The van der Waals surface area contributed by atoms with Gasteiger partial charge >= 0.3 is 0 Å². The van der Waals surface area contributed by atoms with Crippen molar-refractivity contribution in [3.05, 3.63) is 109 Å². The summed E-state index contributed by atoms with van der Waals surface area (Å²) in [6.45, 7) is 3.86. The first kappa shape index (κ1) is 18.4. The van der Waals surface area contributed by atoms with Crippen LogP contribution in [-0.2, 0) is 15.6 Å². The highest BCUT2D eigenvalue weighted by Crippen LogP contribution is 2.52. The van der Waals surface area contributed by atoms with Gasteiger partial charge in [0.05, 0.1) is 16.8 Å². The first-order chi connectivity index (χ1) is 13.7. The molecule has 0 spiro atoms. The zero-order chi connectivity index (χ0) is 19.6. The molecule has 1 saturated heterocycles. The van der Waals surface area contributed by atoms with Gasteiger partial charge in [0.1, 0.15) is 0 Å². The van der Waals surface area contributed by atoms with E-state index >= 15 is 0 Å². The van der Waals surface area contributed by atoms with Crippen molar-refractivity contribution in [3.63, 3.8) is 0 Å². The second-order valence-electron chi connectivity index (χ2n) is 6.79. The smallest absolute Gasteiger partial charge is 0.249 e. The molecule has 0 bridgehead atoms. The van der Waals surface area contributed by atoms with Gasteiger partial charge in [-0.3, -0.25) is 9.00 Å². The lowest BCUT2D eigenvalue weighted by Gasteiger charge is -2.55. The van der Waals surface area contributed by atoms with E-state index in [0.29, 0.717) is 11.3 Å². The molecule has 3 aromatic rings. The molecule has 3 atom stereocenters. The zero-order valence-electron chi connectivity index (χ0n) is 15.4. The second-order valence-corrected chi connectivity index (χ2v) is 8.53. The molecule has 1 unspecified atom stereocenters. The maximum atomic E-state index is 13.7. The maximum Gasteiger partial charge on any atom is 0.249 e. The summed E-state index contributed by atoms with van der Waals surface area (Å²) in [5.74, 6) is -0.130. The molecule has 3 nitrogen and oxygen atoms in total. The van der Waals surface area contributed by atoms with Crippen molar-refractivity contribution in [2.45, 2.75) is 22.1 Å². The summed E-state index contributed by atoms with van der Waals surface area (Å²) in [5.41, 5.74) is 1.78. The zero-order valence-corrected chi connectivity index (χ0v) is 16.2. The third kappa shape index (κ3) is 2.81. The van der Waals surface area contributed by atoms with Gasteiger partial charge in [-0.2, -0.15) is 0 Å². The third-order valence-corrected chi connectivity index (χ3v) is 7.09. The van der Waals surface area contributed by atoms with Gasteiger partial charge in [-0.25, -0.2) is 0 Å². The predicted molar refractivity (Wildman–Crippen MR) is 114 cm³/mol. The van der Waals surface area contributed by atoms with Crippen molar-refractivity contribution in [1.82, 2.24) is 0 Å². The molecule has 140 valence electrons.